The Bertz CT molecular complexity index is 479. The Morgan fingerprint density at radius 1 is 1.37 bits per heavy atom. The summed E-state index contributed by atoms with van der Waals surface area (Å²) in [5, 5.41) is 0. The highest BCUT2D eigenvalue weighted by Crippen LogP contribution is 2.27. The Morgan fingerprint density at radius 2 is 2.05 bits per heavy atom. The average molecular weight is 264 g/mol. The maximum Gasteiger partial charge on any atom is 0.257 e. The topological polar surface area (TPSA) is 59.5 Å². The highest BCUT2D eigenvalue weighted by molar-refractivity contribution is 5.97. The molecule has 0 radical (unpaired) electrons. The minimum absolute atomic E-state index is 0.0780. The van der Waals surface area contributed by atoms with Gasteiger partial charge in [-0.05, 0) is 39.5 Å². The van der Waals surface area contributed by atoms with Crippen LogP contribution in [0.4, 0.5) is 0 Å². The second kappa shape index (κ2) is 5.37. The normalized spacial score (nSPS) is 23.7. The van der Waals surface area contributed by atoms with E-state index < -0.39 is 0 Å². The molecule has 2 heterocycles. The molecule has 0 saturated carbocycles. The zero-order valence-electron chi connectivity index (χ0n) is 12.3. The first-order valence-corrected chi connectivity index (χ1v) is 7.03. The summed E-state index contributed by atoms with van der Waals surface area (Å²) in [4.78, 5) is 14.7. The first-order valence-electron chi connectivity index (χ1n) is 7.03. The largest absolute Gasteiger partial charge is 0.466 e. The first kappa shape index (κ1) is 14.1. The van der Waals surface area contributed by atoms with E-state index in [9.17, 15) is 4.79 Å². The predicted octanol–water partition coefficient (Wildman–Crippen LogP) is 2.40. The third kappa shape index (κ3) is 2.54. The molecular formula is C15H24N2O2. The second-order valence-electron chi connectivity index (χ2n) is 5.73. The van der Waals surface area contributed by atoms with Crippen LogP contribution in [0.3, 0.4) is 0 Å². The molecule has 2 rings (SSSR count). The van der Waals surface area contributed by atoms with Crippen molar-refractivity contribution in [1.82, 2.24) is 4.90 Å². The van der Waals surface area contributed by atoms with Gasteiger partial charge in [0.15, 0.2) is 0 Å². The van der Waals surface area contributed by atoms with Gasteiger partial charge in [-0.15, -0.1) is 0 Å². The van der Waals surface area contributed by atoms with Gasteiger partial charge in [0.2, 0.25) is 0 Å². The maximum atomic E-state index is 12.7. The van der Waals surface area contributed by atoms with Crippen molar-refractivity contribution in [2.45, 2.75) is 46.6 Å². The molecule has 106 valence electrons. The van der Waals surface area contributed by atoms with Gasteiger partial charge in [0.25, 0.3) is 5.91 Å². The number of aryl methyl sites for hydroxylation is 2. The zero-order valence-corrected chi connectivity index (χ0v) is 12.3. The number of hydrogen-bond donors (Lipinski definition) is 1. The van der Waals surface area contributed by atoms with Gasteiger partial charge in [-0.1, -0.05) is 6.92 Å². The van der Waals surface area contributed by atoms with Crippen LogP contribution in [0.5, 0.6) is 0 Å². The number of piperidine rings is 1. The highest BCUT2D eigenvalue weighted by atomic mass is 16.3. The summed E-state index contributed by atoms with van der Waals surface area (Å²) in [7, 11) is 0. The van der Waals surface area contributed by atoms with Crippen LogP contribution in [0.15, 0.2) is 4.42 Å². The van der Waals surface area contributed by atoms with Gasteiger partial charge in [0.05, 0.1) is 5.56 Å². The van der Waals surface area contributed by atoms with Gasteiger partial charge in [0.1, 0.15) is 11.5 Å². The van der Waals surface area contributed by atoms with Gasteiger partial charge in [-0.25, -0.2) is 0 Å². The molecule has 0 spiro atoms. The molecule has 1 aromatic heterocycles. The van der Waals surface area contributed by atoms with E-state index in [1.165, 1.54) is 0 Å². The van der Waals surface area contributed by atoms with E-state index in [4.69, 9.17) is 10.2 Å². The van der Waals surface area contributed by atoms with Gasteiger partial charge >= 0.3 is 0 Å². The van der Waals surface area contributed by atoms with E-state index >= 15 is 0 Å². The number of carbonyl (C=O) groups excluding carboxylic acids is 1. The van der Waals surface area contributed by atoms with Gasteiger partial charge in [-0.3, -0.25) is 4.79 Å². The molecule has 1 amide bonds. The summed E-state index contributed by atoms with van der Waals surface area (Å²) in [6.07, 6.45) is 2.05. The predicted molar refractivity (Wildman–Crippen MR) is 75.2 cm³/mol. The van der Waals surface area contributed by atoms with Gasteiger partial charge in [-0.2, -0.15) is 0 Å². The number of nitrogens with zero attached hydrogens (tertiary/aromatic N) is 1. The number of amides is 1. The Morgan fingerprint density at radius 3 is 2.58 bits per heavy atom. The number of hydrogen-bond acceptors (Lipinski definition) is 3. The van der Waals surface area contributed by atoms with Crippen LogP contribution in [-0.4, -0.2) is 29.9 Å². The van der Waals surface area contributed by atoms with E-state index in [0.29, 0.717) is 12.5 Å². The summed E-state index contributed by atoms with van der Waals surface area (Å²) in [5.74, 6) is 2.27. The van der Waals surface area contributed by atoms with Gasteiger partial charge < -0.3 is 15.1 Å². The van der Waals surface area contributed by atoms with E-state index in [1.807, 2.05) is 25.7 Å². The fourth-order valence-electron chi connectivity index (χ4n) is 2.99. The van der Waals surface area contributed by atoms with E-state index in [2.05, 4.69) is 6.92 Å². The van der Waals surface area contributed by atoms with Crippen LogP contribution in [0, 0.1) is 26.7 Å². The molecule has 1 fully saturated rings. The summed E-state index contributed by atoms with van der Waals surface area (Å²) in [6, 6.07) is 0.158. The maximum absolute atomic E-state index is 12.7. The third-order valence-corrected chi connectivity index (χ3v) is 4.29. The molecule has 1 saturated heterocycles. The fraction of sp³-hybridized carbons (Fsp3) is 0.667. The molecule has 1 aliphatic heterocycles. The lowest BCUT2D eigenvalue weighted by atomic mass is 9.91. The Balaban J connectivity index is 2.28. The molecule has 0 aromatic carbocycles. The Hall–Kier alpha value is -1.29. The highest BCUT2D eigenvalue weighted by Gasteiger charge is 2.32. The fourth-order valence-corrected chi connectivity index (χ4v) is 2.99. The number of rotatable bonds is 2. The lowest BCUT2D eigenvalue weighted by Crippen LogP contribution is -2.49. The molecule has 0 bridgehead atoms. The van der Waals surface area contributed by atoms with Crippen molar-refractivity contribution in [3.8, 4) is 0 Å². The zero-order chi connectivity index (χ0) is 14.2. The third-order valence-electron chi connectivity index (χ3n) is 4.29. The minimum atomic E-state index is 0.0780. The smallest absolute Gasteiger partial charge is 0.257 e. The van der Waals surface area contributed by atoms with Crippen LogP contribution < -0.4 is 5.73 Å². The SMILES string of the molecule is Cc1oc(C)c(C(=O)N2CCC(C)CC2CN)c1C. The molecule has 1 aliphatic rings. The van der Waals surface area contributed by atoms with Gasteiger partial charge in [0, 0.05) is 24.7 Å². The molecule has 2 N–H and O–H groups in total. The van der Waals surface area contributed by atoms with Crippen molar-refractivity contribution >= 4 is 5.91 Å². The molecule has 19 heavy (non-hydrogen) atoms. The molecule has 4 heteroatoms. The van der Waals surface area contributed by atoms with Crippen LogP contribution in [0.25, 0.3) is 0 Å². The first-order chi connectivity index (χ1) is 8.95. The summed E-state index contributed by atoms with van der Waals surface area (Å²) in [6.45, 7) is 9.26. The lowest BCUT2D eigenvalue weighted by Gasteiger charge is -2.38. The van der Waals surface area contributed by atoms with Crippen molar-refractivity contribution in [3.63, 3.8) is 0 Å². The monoisotopic (exact) mass is 264 g/mol. The van der Waals surface area contributed by atoms with E-state index in [-0.39, 0.29) is 11.9 Å². The van der Waals surface area contributed by atoms with Crippen molar-refractivity contribution in [1.29, 1.82) is 0 Å². The van der Waals surface area contributed by atoms with Crippen LogP contribution in [-0.2, 0) is 0 Å². The van der Waals surface area contributed by atoms with E-state index in [0.717, 1.165) is 42.0 Å². The van der Waals surface area contributed by atoms with Crippen LogP contribution in [0.2, 0.25) is 0 Å². The minimum Gasteiger partial charge on any atom is -0.466 e. The summed E-state index contributed by atoms with van der Waals surface area (Å²) < 4.78 is 5.57. The number of carbonyl (C=O) groups is 1. The molecule has 2 unspecified atom stereocenters. The van der Waals surface area contributed by atoms with Crippen molar-refractivity contribution in [2.75, 3.05) is 13.1 Å². The van der Waals surface area contributed by atoms with E-state index in [1.54, 1.807) is 0 Å². The molecule has 4 nitrogen and oxygen atoms in total. The number of nitrogens with two attached hydrogens (primary N) is 1. The van der Waals surface area contributed by atoms with Crippen LogP contribution >= 0.6 is 0 Å². The Labute approximate surface area is 114 Å². The molecular weight excluding hydrogens is 240 g/mol. The lowest BCUT2D eigenvalue weighted by molar-refractivity contribution is 0.0571. The second-order valence-corrected chi connectivity index (χ2v) is 5.73. The number of likely N-dealkylation sites (tertiary alicyclic amines) is 1. The van der Waals surface area contributed by atoms with Crippen molar-refractivity contribution < 1.29 is 9.21 Å². The van der Waals surface area contributed by atoms with Crippen LogP contribution in [0.1, 0.15) is 47.2 Å². The standard InChI is InChI=1S/C15H24N2O2/c1-9-5-6-17(13(7-9)8-16)15(18)14-10(2)11(3)19-12(14)4/h9,13H,5-8,16H2,1-4H3. The number of furan rings is 1. The molecule has 1 aromatic rings. The molecule has 2 atom stereocenters. The molecule has 0 aliphatic carbocycles. The summed E-state index contributed by atoms with van der Waals surface area (Å²) in [5.41, 5.74) is 7.52. The quantitative estimate of drug-likeness (QED) is 0.892. The summed E-state index contributed by atoms with van der Waals surface area (Å²) >= 11 is 0. The van der Waals surface area contributed by atoms with Crippen molar-refractivity contribution in [2.24, 2.45) is 11.7 Å². The Kier molecular flexibility index (Phi) is 3.99. The van der Waals surface area contributed by atoms with Crippen molar-refractivity contribution in [3.05, 3.63) is 22.6 Å². The average Bonchev–Trinajstić information content (AvgIpc) is 2.62.